The minimum atomic E-state index is 0.122. The molecule has 0 saturated carbocycles. The summed E-state index contributed by atoms with van der Waals surface area (Å²) in [4.78, 5) is 2.39. The number of benzene rings is 1. The molecule has 0 aliphatic carbocycles. The number of hydrogen-bond donors (Lipinski definition) is 1. The number of likely N-dealkylation sites (N-methyl/N-ethyl adjacent to an activating group) is 2. The topological polar surface area (TPSA) is 33.7 Å². The molecule has 106 valence electrons. The Hall–Kier alpha value is -1.26. The average molecular weight is 264 g/mol. The summed E-state index contributed by atoms with van der Waals surface area (Å²) in [6.07, 6.45) is 0.122. The minimum absolute atomic E-state index is 0.122. The summed E-state index contributed by atoms with van der Waals surface area (Å²) in [5.74, 6) is 1.72. The highest BCUT2D eigenvalue weighted by Crippen LogP contribution is 2.30. The molecule has 2 rings (SSSR count). The van der Waals surface area contributed by atoms with Gasteiger partial charge in [-0.05, 0) is 25.2 Å². The van der Waals surface area contributed by atoms with Gasteiger partial charge in [-0.1, -0.05) is 26.0 Å². The van der Waals surface area contributed by atoms with Crippen LogP contribution in [-0.4, -0.2) is 50.3 Å². The van der Waals surface area contributed by atoms with Crippen LogP contribution in [0.1, 0.15) is 13.8 Å². The average Bonchev–Trinajstić information content (AvgIpc) is 2.46. The lowest BCUT2D eigenvalue weighted by atomic mass is 10.2. The van der Waals surface area contributed by atoms with E-state index in [0.29, 0.717) is 6.61 Å². The van der Waals surface area contributed by atoms with Crippen molar-refractivity contribution in [3.05, 3.63) is 24.3 Å². The zero-order valence-corrected chi connectivity index (χ0v) is 11.9. The lowest BCUT2D eigenvalue weighted by Crippen LogP contribution is -2.43. The molecule has 1 aromatic rings. The van der Waals surface area contributed by atoms with Gasteiger partial charge in [0.2, 0.25) is 0 Å². The van der Waals surface area contributed by atoms with Gasteiger partial charge in [0.15, 0.2) is 11.5 Å². The first kappa shape index (κ1) is 14.2. The van der Waals surface area contributed by atoms with Gasteiger partial charge < -0.3 is 14.8 Å². The first-order valence-electron chi connectivity index (χ1n) is 7.15. The number of para-hydroxylation sites is 2. The summed E-state index contributed by atoms with van der Waals surface area (Å²) in [7, 11) is 0. The van der Waals surface area contributed by atoms with Gasteiger partial charge in [0.25, 0.3) is 0 Å². The molecule has 1 heterocycles. The van der Waals surface area contributed by atoms with E-state index in [9.17, 15) is 0 Å². The van der Waals surface area contributed by atoms with Crippen molar-refractivity contribution in [2.24, 2.45) is 0 Å². The third kappa shape index (κ3) is 4.11. The van der Waals surface area contributed by atoms with Gasteiger partial charge in [-0.25, -0.2) is 0 Å². The van der Waals surface area contributed by atoms with E-state index in [4.69, 9.17) is 9.47 Å². The number of hydrogen-bond acceptors (Lipinski definition) is 4. The molecule has 0 spiro atoms. The fraction of sp³-hybridized carbons (Fsp3) is 0.600. The van der Waals surface area contributed by atoms with Crippen LogP contribution in [0, 0.1) is 0 Å². The lowest BCUT2D eigenvalue weighted by molar-refractivity contribution is 0.0604. The van der Waals surface area contributed by atoms with Crippen LogP contribution >= 0.6 is 0 Å². The van der Waals surface area contributed by atoms with Crippen molar-refractivity contribution in [2.45, 2.75) is 20.0 Å². The molecule has 0 amide bonds. The molecule has 4 nitrogen and oxygen atoms in total. The molecular weight excluding hydrogens is 240 g/mol. The van der Waals surface area contributed by atoms with E-state index in [2.05, 4.69) is 24.1 Å². The Morgan fingerprint density at radius 2 is 2.05 bits per heavy atom. The molecule has 1 N–H and O–H groups in total. The summed E-state index contributed by atoms with van der Waals surface area (Å²) in [5, 5.41) is 3.35. The Kier molecular flexibility index (Phi) is 5.48. The van der Waals surface area contributed by atoms with Crippen molar-refractivity contribution in [1.82, 2.24) is 10.2 Å². The summed E-state index contributed by atoms with van der Waals surface area (Å²) >= 11 is 0. The van der Waals surface area contributed by atoms with Crippen molar-refractivity contribution < 1.29 is 9.47 Å². The number of rotatable bonds is 7. The third-order valence-electron chi connectivity index (χ3n) is 3.33. The quantitative estimate of drug-likeness (QED) is 0.761. The molecule has 1 aliphatic heterocycles. The lowest BCUT2D eigenvalue weighted by Gasteiger charge is -2.30. The Morgan fingerprint density at radius 1 is 1.26 bits per heavy atom. The van der Waals surface area contributed by atoms with Crippen LogP contribution in [0.4, 0.5) is 0 Å². The van der Waals surface area contributed by atoms with Crippen molar-refractivity contribution in [3.8, 4) is 11.5 Å². The summed E-state index contributed by atoms with van der Waals surface area (Å²) in [6.45, 7) is 9.99. The molecule has 1 unspecified atom stereocenters. The highest BCUT2D eigenvalue weighted by atomic mass is 16.6. The molecule has 1 aromatic carbocycles. The second-order valence-corrected chi connectivity index (χ2v) is 4.74. The van der Waals surface area contributed by atoms with Crippen molar-refractivity contribution in [3.63, 3.8) is 0 Å². The van der Waals surface area contributed by atoms with Gasteiger partial charge in [-0.3, -0.25) is 4.90 Å². The van der Waals surface area contributed by atoms with Crippen LogP contribution < -0.4 is 14.8 Å². The van der Waals surface area contributed by atoms with E-state index in [0.717, 1.165) is 44.2 Å². The predicted octanol–water partition coefficient (Wildman–Crippen LogP) is 1.76. The van der Waals surface area contributed by atoms with Gasteiger partial charge in [-0.2, -0.15) is 0 Å². The molecule has 0 radical (unpaired) electrons. The molecule has 0 fully saturated rings. The van der Waals surface area contributed by atoms with Crippen LogP contribution in [0.25, 0.3) is 0 Å². The Balaban J connectivity index is 1.83. The van der Waals surface area contributed by atoms with E-state index >= 15 is 0 Å². The number of fused-ring (bicyclic) bond motifs is 1. The van der Waals surface area contributed by atoms with Gasteiger partial charge in [-0.15, -0.1) is 0 Å². The fourth-order valence-electron chi connectivity index (χ4n) is 2.23. The van der Waals surface area contributed by atoms with Gasteiger partial charge in [0.1, 0.15) is 12.7 Å². The van der Waals surface area contributed by atoms with E-state index in [1.54, 1.807) is 0 Å². The summed E-state index contributed by atoms with van der Waals surface area (Å²) < 4.78 is 11.7. The zero-order valence-electron chi connectivity index (χ0n) is 11.9. The fourth-order valence-corrected chi connectivity index (χ4v) is 2.23. The molecule has 0 bridgehead atoms. The molecule has 1 atom stereocenters. The molecule has 0 aromatic heterocycles. The summed E-state index contributed by atoms with van der Waals surface area (Å²) in [6, 6.07) is 7.87. The molecule has 1 aliphatic rings. The minimum Gasteiger partial charge on any atom is -0.486 e. The maximum absolute atomic E-state index is 5.98. The number of ether oxygens (including phenoxy) is 2. The van der Waals surface area contributed by atoms with Crippen LogP contribution in [0.5, 0.6) is 11.5 Å². The largest absolute Gasteiger partial charge is 0.486 e. The molecular formula is C15H24N2O2. The predicted molar refractivity (Wildman–Crippen MR) is 77.0 cm³/mol. The maximum atomic E-state index is 5.98. The van der Waals surface area contributed by atoms with Crippen LogP contribution in [0.3, 0.4) is 0 Å². The monoisotopic (exact) mass is 264 g/mol. The van der Waals surface area contributed by atoms with E-state index in [1.165, 1.54) is 0 Å². The number of nitrogens with one attached hydrogen (secondary N) is 1. The number of nitrogens with zero attached hydrogens (tertiary/aromatic N) is 1. The van der Waals surface area contributed by atoms with Crippen molar-refractivity contribution in [1.29, 1.82) is 0 Å². The standard InChI is InChI=1S/C15H24N2O2/c1-3-16-9-10-17(4-2)11-13-12-18-14-7-5-6-8-15(14)19-13/h5-8,13,16H,3-4,9-12H2,1-2H3. The van der Waals surface area contributed by atoms with Gasteiger partial charge in [0, 0.05) is 19.6 Å². The maximum Gasteiger partial charge on any atom is 0.161 e. The highest BCUT2D eigenvalue weighted by molar-refractivity contribution is 5.40. The zero-order chi connectivity index (χ0) is 13.5. The van der Waals surface area contributed by atoms with Crippen LogP contribution in [-0.2, 0) is 0 Å². The Morgan fingerprint density at radius 3 is 2.79 bits per heavy atom. The van der Waals surface area contributed by atoms with E-state index in [1.807, 2.05) is 24.3 Å². The van der Waals surface area contributed by atoms with Crippen LogP contribution in [0.2, 0.25) is 0 Å². The molecule has 19 heavy (non-hydrogen) atoms. The second-order valence-electron chi connectivity index (χ2n) is 4.74. The summed E-state index contributed by atoms with van der Waals surface area (Å²) in [5.41, 5.74) is 0. The van der Waals surface area contributed by atoms with Gasteiger partial charge in [0.05, 0.1) is 0 Å². The Labute approximate surface area is 115 Å². The first-order valence-corrected chi connectivity index (χ1v) is 7.15. The SMILES string of the molecule is CCNCCN(CC)CC1COc2ccccc2O1. The van der Waals surface area contributed by atoms with Crippen molar-refractivity contribution in [2.75, 3.05) is 39.3 Å². The van der Waals surface area contributed by atoms with E-state index < -0.39 is 0 Å². The Bertz CT molecular complexity index is 384. The first-order chi connectivity index (χ1) is 9.33. The molecule has 4 heteroatoms. The van der Waals surface area contributed by atoms with Crippen LogP contribution in [0.15, 0.2) is 24.3 Å². The highest BCUT2D eigenvalue weighted by Gasteiger charge is 2.22. The van der Waals surface area contributed by atoms with E-state index in [-0.39, 0.29) is 6.10 Å². The normalized spacial score (nSPS) is 17.7. The molecule has 0 saturated heterocycles. The smallest absolute Gasteiger partial charge is 0.161 e. The third-order valence-corrected chi connectivity index (χ3v) is 3.33. The second kappa shape index (κ2) is 7.36. The van der Waals surface area contributed by atoms with Crippen molar-refractivity contribution >= 4 is 0 Å². The van der Waals surface area contributed by atoms with Gasteiger partial charge >= 0.3 is 0 Å².